The summed E-state index contributed by atoms with van der Waals surface area (Å²) in [7, 11) is 0. The molecular weight excluding hydrogens is 366 g/mol. The zero-order valence-corrected chi connectivity index (χ0v) is 16.4. The van der Waals surface area contributed by atoms with Gasteiger partial charge in [-0.05, 0) is 55.4 Å². The summed E-state index contributed by atoms with van der Waals surface area (Å²) in [5, 5.41) is 2.94. The van der Waals surface area contributed by atoms with Gasteiger partial charge in [-0.25, -0.2) is 9.69 Å². The highest BCUT2D eigenvalue weighted by Gasteiger charge is 2.56. The van der Waals surface area contributed by atoms with Crippen molar-refractivity contribution in [2.75, 3.05) is 11.4 Å². The summed E-state index contributed by atoms with van der Waals surface area (Å²) in [5.41, 5.74) is 2.88. The van der Waals surface area contributed by atoms with Crippen LogP contribution in [0.15, 0.2) is 48.5 Å². The Hall–Kier alpha value is -3.15. The summed E-state index contributed by atoms with van der Waals surface area (Å²) in [5.74, 6) is -0.539. The van der Waals surface area contributed by atoms with Gasteiger partial charge in [-0.15, -0.1) is 0 Å². The molecule has 4 amide bonds. The van der Waals surface area contributed by atoms with Gasteiger partial charge >= 0.3 is 6.03 Å². The van der Waals surface area contributed by atoms with E-state index in [2.05, 4.69) is 5.32 Å². The molecule has 1 N–H and O–H groups in total. The second kappa shape index (κ2) is 6.44. The van der Waals surface area contributed by atoms with Crippen molar-refractivity contribution in [3.8, 4) is 0 Å². The van der Waals surface area contributed by atoms with Crippen LogP contribution < -0.4 is 10.2 Å². The number of urea groups is 1. The Morgan fingerprint density at radius 1 is 1.03 bits per heavy atom. The summed E-state index contributed by atoms with van der Waals surface area (Å²) in [4.78, 5) is 42.5. The fraction of sp³-hybridized carbons (Fsp3) is 0.348. The van der Waals surface area contributed by atoms with E-state index < -0.39 is 17.6 Å². The van der Waals surface area contributed by atoms with Gasteiger partial charge in [0.2, 0.25) is 5.91 Å². The van der Waals surface area contributed by atoms with Crippen molar-refractivity contribution in [2.45, 2.75) is 44.2 Å². The summed E-state index contributed by atoms with van der Waals surface area (Å²) in [6.45, 7) is 2.22. The first-order valence-corrected chi connectivity index (χ1v) is 10.2. The molecule has 2 heterocycles. The van der Waals surface area contributed by atoms with Crippen molar-refractivity contribution >= 4 is 23.5 Å². The lowest BCUT2D eigenvalue weighted by molar-refractivity contribution is -0.137. The molecule has 2 aliphatic heterocycles. The highest BCUT2D eigenvalue weighted by molar-refractivity contribution is 6.12. The van der Waals surface area contributed by atoms with Crippen LogP contribution in [0, 0.1) is 0 Å². The average molecular weight is 389 g/mol. The minimum atomic E-state index is -1.05. The molecule has 3 aliphatic rings. The number of carbonyl (C=O) groups is 3. The predicted octanol–water partition coefficient (Wildman–Crippen LogP) is 2.75. The van der Waals surface area contributed by atoms with Crippen LogP contribution in [0.1, 0.15) is 36.5 Å². The average Bonchev–Trinajstić information content (AvgIpc) is 3.27. The van der Waals surface area contributed by atoms with Gasteiger partial charge in [0.1, 0.15) is 11.6 Å². The highest BCUT2D eigenvalue weighted by atomic mass is 16.2. The minimum Gasteiger partial charge on any atom is -0.319 e. The monoisotopic (exact) mass is 389 g/mol. The van der Waals surface area contributed by atoms with Crippen LogP contribution in [0.4, 0.5) is 10.5 Å². The second-order valence-corrected chi connectivity index (χ2v) is 8.07. The molecule has 5 rings (SSSR count). The second-order valence-electron chi connectivity index (χ2n) is 8.07. The van der Waals surface area contributed by atoms with Gasteiger partial charge in [-0.2, -0.15) is 0 Å². The standard InChI is InChI=1S/C23H23N3O3/c1-15(20(27)25-14-12-17-8-3-5-11-19(17)25)26-21(28)23(24-22(26)29)13-6-9-16-7-2-4-10-18(16)23/h2-5,7-8,10-11,15H,6,9,12-14H2,1H3,(H,24,29)/t15-,23-/m0/s1. The van der Waals surface area contributed by atoms with E-state index in [9.17, 15) is 14.4 Å². The first kappa shape index (κ1) is 17.9. The van der Waals surface area contributed by atoms with Crippen LogP contribution in [-0.4, -0.2) is 35.3 Å². The Labute approximate surface area is 169 Å². The van der Waals surface area contributed by atoms with Gasteiger partial charge < -0.3 is 10.2 Å². The number of amides is 4. The molecule has 0 saturated carbocycles. The van der Waals surface area contributed by atoms with Gasteiger partial charge in [0, 0.05) is 12.2 Å². The minimum absolute atomic E-state index is 0.223. The van der Waals surface area contributed by atoms with Crippen LogP contribution in [0.25, 0.3) is 0 Å². The number of carbonyl (C=O) groups excluding carboxylic acids is 3. The van der Waals surface area contributed by atoms with E-state index in [0.29, 0.717) is 13.0 Å². The largest absolute Gasteiger partial charge is 0.326 e. The normalized spacial score (nSPS) is 23.8. The number of aryl methyl sites for hydroxylation is 1. The maximum atomic E-state index is 13.5. The van der Waals surface area contributed by atoms with Gasteiger partial charge in [0.25, 0.3) is 5.91 Å². The molecule has 0 unspecified atom stereocenters. The number of imide groups is 1. The number of rotatable bonds is 2. The molecule has 1 spiro atoms. The SMILES string of the molecule is C[C@@H](C(=O)N1CCc2ccccc21)N1C(=O)N[C@]2(CCCc3ccccc32)C1=O. The molecule has 1 saturated heterocycles. The van der Waals surface area contributed by atoms with Crippen molar-refractivity contribution in [1.82, 2.24) is 10.2 Å². The van der Waals surface area contributed by atoms with E-state index in [4.69, 9.17) is 0 Å². The first-order valence-electron chi connectivity index (χ1n) is 10.2. The number of nitrogens with one attached hydrogen (secondary N) is 1. The molecule has 1 aliphatic carbocycles. The first-order chi connectivity index (χ1) is 14.0. The predicted molar refractivity (Wildman–Crippen MR) is 108 cm³/mol. The number of hydrogen-bond donors (Lipinski definition) is 1. The zero-order valence-electron chi connectivity index (χ0n) is 16.4. The van der Waals surface area contributed by atoms with E-state index in [1.54, 1.807) is 11.8 Å². The summed E-state index contributed by atoms with van der Waals surface area (Å²) >= 11 is 0. The molecule has 148 valence electrons. The summed E-state index contributed by atoms with van der Waals surface area (Å²) in [6, 6.07) is 14.2. The third-order valence-corrected chi connectivity index (χ3v) is 6.50. The van der Waals surface area contributed by atoms with Crippen LogP contribution in [0.2, 0.25) is 0 Å². The number of benzene rings is 2. The molecule has 2 aromatic rings. The molecular formula is C23H23N3O3. The molecule has 0 aromatic heterocycles. The van der Waals surface area contributed by atoms with E-state index in [-0.39, 0.29) is 11.8 Å². The Morgan fingerprint density at radius 2 is 1.76 bits per heavy atom. The zero-order chi connectivity index (χ0) is 20.2. The number of para-hydroxylation sites is 1. The number of anilines is 1. The third kappa shape index (κ3) is 2.51. The van der Waals surface area contributed by atoms with E-state index in [1.165, 1.54) is 0 Å². The van der Waals surface area contributed by atoms with Crippen molar-refractivity contribution in [1.29, 1.82) is 0 Å². The summed E-state index contributed by atoms with van der Waals surface area (Å²) in [6.07, 6.45) is 3.05. The van der Waals surface area contributed by atoms with Crippen LogP contribution >= 0.6 is 0 Å². The number of hydrogen-bond acceptors (Lipinski definition) is 3. The maximum Gasteiger partial charge on any atom is 0.326 e. The number of fused-ring (bicyclic) bond motifs is 3. The third-order valence-electron chi connectivity index (χ3n) is 6.50. The van der Waals surface area contributed by atoms with E-state index in [1.807, 2.05) is 48.5 Å². The lowest BCUT2D eigenvalue weighted by atomic mass is 9.76. The fourth-order valence-electron chi connectivity index (χ4n) is 5.03. The Balaban J connectivity index is 1.46. The van der Waals surface area contributed by atoms with Crippen molar-refractivity contribution in [2.24, 2.45) is 0 Å². The molecule has 0 radical (unpaired) electrons. The van der Waals surface area contributed by atoms with Crippen molar-refractivity contribution < 1.29 is 14.4 Å². The van der Waals surface area contributed by atoms with Crippen molar-refractivity contribution in [3.05, 3.63) is 65.2 Å². The molecule has 6 nitrogen and oxygen atoms in total. The van der Waals surface area contributed by atoms with Crippen LogP contribution in [0.5, 0.6) is 0 Å². The molecule has 1 fully saturated rings. The smallest absolute Gasteiger partial charge is 0.319 e. The Morgan fingerprint density at radius 3 is 2.59 bits per heavy atom. The van der Waals surface area contributed by atoms with E-state index >= 15 is 0 Å². The van der Waals surface area contributed by atoms with Crippen molar-refractivity contribution in [3.63, 3.8) is 0 Å². The molecule has 2 atom stereocenters. The Kier molecular flexibility index (Phi) is 3.98. The van der Waals surface area contributed by atoms with Crippen LogP contribution in [0.3, 0.4) is 0 Å². The van der Waals surface area contributed by atoms with Gasteiger partial charge in [0.15, 0.2) is 0 Å². The van der Waals surface area contributed by atoms with Gasteiger partial charge in [-0.3, -0.25) is 9.59 Å². The van der Waals surface area contributed by atoms with E-state index in [0.717, 1.165) is 46.5 Å². The topological polar surface area (TPSA) is 69.7 Å². The lowest BCUT2D eigenvalue weighted by Gasteiger charge is -2.34. The maximum absolute atomic E-state index is 13.5. The molecule has 0 bridgehead atoms. The molecule has 29 heavy (non-hydrogen) atoms. The Bertz CT molecular complexity index is 1030. The number of nitrogens with zero attached hydrogens (tertiary/aromatic N) is 2. The lowest BCUT2D eigenvalue weighted by Crippen LogP contribution is -2.51. The fourth-order valence-corrected chi connectivity index (χ4v) is 5.03. The summed E-state index contributed by atoms with van der Waals surface area (Å²) < 4.78 is 0. The van der Waals surface area contributed by atoms with Crippen LogP contribution in [-0.2, 0) is 28.0 Å². The molecule has 2 aromatic carbocycles. The van der Waals surface area contributed by atoms with Gasteiger partial charge in [-0.1, -0.05) is 42.5 Å². The van der Waals surface area contributed by atoms with Gasteiger partial charge in [0.05, 0.1) is 0 Å². The quantitative estimate of drug-likeness (QED) is 0.803. The molecule has 6 heteroatoms. The highest BCUT2D eigenvalue weighted by Crippen LogP contribution is 2.40.